The third-order valence-electron chi connectivity index (χ3n) is 0. The molecule has 0 unspecified atom stereocenters. The van der Waals surface area contributed by atoms with Gasteiger partial charge in [-0.1, -0.05) is 0 Å². The molecule has 4 heteroatoms. The molecule has 0 radical (unpaired) electrons. The normalized spacial score (nSPS) is 2.00. The van der Waals surface area contributed by atoms with Crippen molar-refractivity contribution in [1.82, 2.24) is 0 Å². The van der Waals surface area contributed by atoms with Crippen LogP contribution >= 0.6 is 0 Å². The Bertz CT molecular complexity index is 13.5. The molecule has 0 aromatic rings. The van der Waals surface area contributed by atoms with Gasteiger partial charge < -0.3 is 0 Å². The summed E-state index contributed by atoms with van der Waals surface area (Å²) in [5.41, 5.74) is 0. The van der Waals surface area contributed by atoms with Crippen LogP contribution in [0.25, 0.3) is 0 Å². The number of rotatable bonds is 0. The summed E-state index contributed by atoms with van der Waals surface area (Å²) in [5.74, 6) is 0. The van der Waals surface area contributed by atoms with E-state index in [1.807, 2.05) is 0 Å². The maximum absolute atomic E-state index is 8.36. The second-order valence-corrected chi connectivity index (χ2v) is 0.105. The zero-order chi connectivity index (χ0) is 2.71. The quantitative estimate of drug-likeness (QED) is 0.302. The molecule has 16 valence electrons. The summed E-state index contributed by atoms with van der Waals surface area (Å²) in [6.45, 7) is 0. The fourth-order valence-electron chi connectivity index (χ4n) is 0. The summed E-state index contributed by atoms with van der Waals surface area (Å²) >= 11 is 0. The Labute approximate surface area is 67.3 Å². The van der Waals surface area contributed by atoms with E-state index in [2.05, 4.69) is 0 Å². The number of hydrogen-bond acceptors (Lipinski definition) is 1. The van der Waals surface area contributed by atoms with Crippen LogP contribution in [0.4, 0.5) is 0 Å². The van der Waals surface area contributed by atoms with Gasteiger partial charge >= 0.3 is 68.5 Å². The fraction of sp³-hybridized carbons (Fsp3) is 0. The van der Waals surface area contributed by atoms with Gasteiger partial charge in [0.15, 0.2) is 0 Å². The van der Waals surface area contributed by atoms with E-state index in [9.17, 15) is 0 Å². The molecule has 4 heavy (non-hydrogen) atoms. The number of hydrogen-bond donors (Lipinski definition) is 1. The van der Waals surface area contributed by atoms with Gasteiger partial charge in [0.25, 0.3) is 0 Å². The van der Waals surface area contributed by atoms with Crippen molar-refractivity contribution in [3.05, 3.63) is 0 Å². The van der Waals surface area contributed by atoms with E-state index in [1.165, 1.54) is 0 Å². The van der Waals surface area contributed by atoms with E-state index < -0.39 is 0 Å². The van der Waals surface area contributed by atoms with Crippen molar-refractivity contribution in [2.24, 2.45) is 0 Å². The Balaban J connectivity index is 0. The Kier molecular flexibility index (Phi) is 19.9. The van der Waals surface area contributed by atoms with E-state index in [4.69, 9.17) is 9.73 Å². The summed E-state index contributed by atoms with van der Waals surface area (Å²) in [6.07, 6.45) is 0. The molecule has 0 aromatic carbocycles. The van der Waals surface area contributed by atoms with Crippen molar-refractivity contribution in [2.75, 3.05) is 0 Å². The first kappa shape index (κ1) is 9.00. The zero-order valence-electron chi connectivity index (χ0n) is 2.43. The van der Waals surface area contributed by atoms with Crippen LogP contribution in [-0.4, -0.2) is 12.4 Å². The average molecular weight is 82.9 g/mol. The summed E-state index contributed by atoms with van der Waals surface area (Å²) in [7, 11) is -0.250. The SMILES string of the molecule is O=BO.[K+]. The first-order valence-electron chi connectivity index (χ1n) is 0.494. The Morgan fingerprint density at radius 2 is 1.75 bits per heavy atom. The summed E-state index contributed by atoms with van der Waals surface area (Å²) < 4.78 is 8.36. The van der Waals surface area contributed by atoms with Crippen LogP contribution in [0, 0.1) is 0 Å². The Morgan fingerprint density at radius 3 is 1.75 bits per heavy atom. The molecule has 0 saturated carbocycles. The van der Waals surface area contributed by atoms with Crippen LogP contribution < -0.4 is 51.4 Å². The third kappa shape index (κ3) is 10.3. The largest absolute Gasteiger partial charge is 1.00 e. The molecular weight excluding hydrogens is 81.9 g/mol. The van der Waals surface area contributed by atoms with Crippen LogP contribution in [0.1, 0.15) is 0 Å². The van der Waals surface area contributed by atoms with E-state index in [0.717, 1.165) is 0 Å². The standard InChI is InChI=1S/BHO2.K/c2-1-3;/h2H;/q;+1. The molecule has 2 nitrogen and oxygen atoms in total. The van der Waals surface area contributed by atoms with E-state index in [0.29, 0.717) is 0 Å². The van der Waals surface area contributed by atoms with Crippen LogP contribution in [0.2, 0.25) is 0 Å². The second kappa shape index (κ2) is 8.85. The molecule has 0 aliphatic rings. The predicted molar refractivity (Wildman–Crippen MR) is 8.66 cm³/mol. The van der Waals surface area contributed by atoms with Crippen molar-refractivity contribution in [3.63, 3.8) is 0 Å². The molecular formula is HBKO2+. The predicted octanol–water partition coefficient (Wildman–Crippen LogP) is -4.05. The minimum atomic E-state index is -0.250. The molecule has 1 N–H and O–H groups in total. The zero-order valence-corrected chi connectivity index (χ0v) is 5.56. The van der Waals surface area contributed by atoms with E-state index in [-0.39, 0.29) is 58.7 Å². The van der Waals surface area contributed by atoms with Gasteiger partial charge in [-0.25, -0.2) is 0 Å². The fourth-order valence-corrected chi connectivity index (χ4v) is 0. The Morgan fingerprint density at radius 1 is 1.75 bits per heavy atom. The molecule has 0 spiro atoms. The summed E-state index contributed by atoms with van der Waals surface area (Å²) in [6, 6.07) is 0. The molecule has 0 rings (SSSR count). The Hall–Kier alpha value is 1.30. The summed E-state index contributed by atoms with van der Waals surface area (Å²) in [5, 5.41) is 6.89. The minimum Gasteiger partial charge on any atom is 1.00 e. The van der Waals surface area contributed by atoms with Crippen molar-refractivity contribution in [3.8, 4) is 0 Å². The minimum absolute atomic E-state index is 0. The van der Waals surface area contributed by atoms with Gasteiger partial charge in [-0.3, -0.25) is 0 Å². The maximum Gasteiger partial charge on any atom is 1.00 e. The van der Waals surface area contributed by atoms with Crippen molar-refractivity contribution < 1.29 is 61.1 Å². The van der Waals surface area contributed by atoms with Crippen LogP contribution in [-0.2, 0) is 4.70 Å². The van der Waals surface area contributed by atoms with Crippen LogP contribution in [0.15, 0.2) is 0 Å². The van der Waals surface area contributed by atoms with Crippen molar-refractivity contribution in [2.45, 2.75) is 0 Å². The van der Waals surface area contributed by atoms with Gasteiger partial charge in [-0.15, -0.1) is 0 Å². The second-order valence-electron chi connectivity index (χ2n) is 0.105. The molecule has 0 bridgehead atoms. The first-order valence-corrected chi connectivity index (χ1v) is 0.494. The molecule has 0 saturated heterocycles. The van der Waals surface area contributed by atoms with Gasteiger partial charge in [0.2, 0.25) is 0 Å². The summed E-state index contributed by atoms with van der Waals surface area (Å²) in [4.78, 5) is 0. The molecule has 0 aliphatic heterocycles. The van der Waals surface area contributed by atoms with Gasteiger partial charge in [0, 0.05) is 0 Å². The maximum atomic E-state index is 8.36. The van der Waals surface area contributed by atoms with Gasteiger partial charge in [0.1, 0.15) is 0 Å². The van der Waals surface area contributed by atoms with Crippen LogP contribution in [0.3, 0.4) is 0 Å². The smallest absolute Gasteiger partial charge is 1.00 e. The molecule has 0 fully saturated rings. The van der Waals surface area contributed by atoms with Gasteiger partial charge in [0.05, 0.1) is 0 Å². The van der Waals surface area contributed by atoms with Gasteiger partial charge in [-0.2, -0.15) is 0 Å². The van der Waals surface area contributed by atoms with Crippen molar-refractivity contribution >= 4 is 7.35 Å². The topological polar surface area (TPSA) is 37.3 Å². The molecule has 0 aromatic heterocycles. The molecule has 0 heterocycles. The van der Waals surface area contributed by atoms with E-state index >= 15 is 0 Å². The van der Waals surface area contributed by atoms with E-state index in [1.54, 1.807) is 0 Å². The van der Waals surface area contributed by atoms with Crippen LogP contribution in [0.5, 0.6) is 0 Å². The third-order valence-corrected chi connectivity index (χ3v) is 0. The van der Waals surface area contributed by atoms with Crippen molar-refractivity contribution in [1.29, 1.82) is 0 Å². The first-order chi connectivity index (χ1) is 1.41. The molecule has 0 amide bonds. The average Bonchev–Trinajstić information content (AvgIpc) is 0.918. The monoisotopic (exact) mass is 83.0 g/mol. The molecule has 0 atom stereocenters. The molecule has 0 aliphatic carbocycles. The van der Waals surface area contributed by atoms with Gasteiger partial charge in [-0.05, 0) is 0 Å².